The van der Waals surface area contributed by atoms with E-state index in [-0.39, 0.29) is 4.90 Å². The molecule has 0 aromatic heterocycles. The monoisotopic (exact) mass is 340 g/mol. The summed E-state index contributed by atoms with van der Waals surface area (Å²) in [6.45, 7) is 11.1. The minimum absolute atomic E-state index is 0.169. The van der Waals surface area contributed by atoms with Gasteiger partial charge in [-0.05, 0) is 59.1 Å². The molecule has 0 aliphatic carbocycles. The zero-order chi connectivity index (χ0) is 17.6. The molecule has 128 valence electrons. The minimum Gasteiger partial charge on any atom is -0.495 e. The predicted molar refractivity (Wildman–Crippen MR) is 91.0 cm³/mol. The summed E-state index contributed by atoms with van der Waals surface area (Å²) in [4.78, 5) is 0.169. The van der Waals surface area contributed by atoms with Gasteiger partial charge in [-0.1, -0.05) is 6.07 Å². The SMILES string of the molecule is COc1ccc(B2OC(C)(C)C(C)(C)O2)cc1S(=O)(=O)C(C)C. The van der Waals surface area contributed by atoms with E-state index in [1.54, 1.807) is 32.0 Å². The van der Waals surface area contributed by atoms with Crippen LogP contribution in [0.4, 0.5) is 0 Å². The van der Waals surface area contributed by atoms with E-state index in [0.717, 1.165) is 0 Å². The second-order valence-electron chi connectivity index (χ2n) is 7.09. The Kier molecular flexibility index (Phi) is 4.61. The molecule has 1 heterocycles. The van der Waals surface area contributed by atoms with Crippen molar-refractivity contribution in [1.82, 2.24) is 0 Å². The number of sulfone groups is 1. The van der Waals surface area contributed by atoms with E-state index in [1.807, 2.05) is 27.7 Å². The Labute approximate surface area is 139 Å². The van der Waals surface area contributed by atoms with Crippen molar-refractivity contribution in [1.29, 1.82) is 0 Å². The highest BCUT2D eigenvalue weighted by molar-refractivity contribution is 7.92. The van der Waals surface area contributed by atoms with E-state index < -0.39 is 33.4 Å². The molecular weight excluding hydrogens is 315 g/mol. The first-order valence-corrected chi connectivity index (χ1v) is 9.24. The van der Waals surface area contributed by atoms with Crippen LogP contribution in [0.1, 0.15) is 41.5 Å². The maximum atomic E-state index is 12.6. The average molecular weight is 340 g/mol. The molecule has 0 unspecified atom stereocenters. The molecule has 0 spiro atoms. The average Bonchev–Trinajstić information content (AvgIpc) is 2.66. The van der Waals surface area contributed by atoms with Crippen LogP contribution in [-0.4, -0.2) is 39.1 Å². The number of rotatable bonds is 4. The van der Waals surface area contributed by atoms with Gasteiger partial charge in [-0.3, -0.25) is 0 Å². The number of benzene rings is 1. The van der Waals surface area contributed by atoms with Crippen molar-refractivity contribution < 1.29 is 22.5 Å². The Balaban J connectivity index is 2.48. The van der Waals surface area contributed by atoms with Gasteiger partial charge in [-0.15, -0.1) is 0 Å². The molecule has 5 nitrogen and oxygen atoms in total. The van der Waals surface area contributed by atoms with Crippen LogP contribution in [0.5, 0.6) is 5.75 Å². The van der Waals surface area contributed by atoms with Crippen LogP contribution in [0.2, 0.25) is 0 Å². The van der Waals surface area contributed by atoms with Crippen LogP contribution >= 0.6 is 0 Å². The van der Waals surface area contributed by atoms with Gasteiger partial charge < -0.3 is 14.0 Å². The van der Waals surface area contributed by atoms with Crippen molar-refractivity contribution >= 4 is 22.4 Å². The lowest BCUT2D eigenvalue weighted by atomic mass is 9.79. The van der Waals surface area contributed by atoms with Crippen molar-refractivity contribution in [2.24, 2.45) is 0 Å². The fraction of sp³-hybridized carbons (Fsp3) is 0.625. The molecule has 23 heavy (non-hydrogen) atoms. The van der Waals surface area contributed by atoms with E-state index in [0.29, 0.717) is 11.2 Å². The van der Waals surface area contributed by atoms with Gasteiger partial charge in [0.05, 0.1) is 23.6 Å². The molecule has 0 saturated carbocycles. The highest BCUT2D eigenvalue weighted by Crippen LogP contribution is 2.37. The Morgan fingerprint density at radius 2 is 1.61 bits per heavy atom. The summed E-state index contributed by atoms with van der Waals surface area (Å²) in [5.41, 5.74) is -0.285. The largest absolute Gasteiger partial charge is 0.495 e. The normalized spacial score (nSPS) is 20.1. The Hall–Kier alpha value is -1.05. The fourth-order valence-corrected chi connectivity index (χ4v) is 3.54. The van der Waals surface area contributed by atoms with E-state index in [1.165, 1.54) is 7.11 Å². The summed E-state index contributed by atoms with van der Waals surface area (Å²) < 4.78 is 42.4. The molecule has 1 saturated heterocycles. The highest BCUT2D eigenvalue weighted by Gasteiger charge is 2.51. The molecule has 1 aromatic rings. The lowest BCUT2D eigenvalue weighted by Crippen LogP contribution is -2.41. The van der Waals surface area contributed by atoms with E-state index in [4.69, 9.17) is 14.0 Å². The first-order chi connectivity index (χ1) is 10.4. The molecule has 7 heteroatoms. The summed E-state index contributed by atoms with van der Waals surface area (Å²) in [5, 5.41) is -0.537. The van der Waals surface area contributed by atoms with E-state index in [9.17, 15) is 8.42 Å². The van der Waals surface area contributed by atoms with Gasteiger partial charge in [0.15, 0.2) is 9.84 Å². The smallest absolute Gasteiger partial charge is 0.494 e. The van der Waals surface area contributed by atoms with Crippen molar-refractivity contribution in [2.75, 3.05) is 7.11 Å². The molecular formula is C16H25BO5S. The molecule has 1 aromatic carbocycles. The van der Waals surface area contributed by atoms with Gasteiger partial charge in [0.1, 0.15) is 10.6 Å². The fourth-order valence-electron chi connectivity index (χ4n) is 2.30. The zero-order valence-corrected chi connectivity index (χ0v) is 15.7. The van der Waals surface area contributed by atoms with Crippen LogP contribution in [-0.2, 0) is 19.1 Å². The molecule has 1 aliphatic rings. The van der Waals surface area contributed by atoms with Crippen molar-refractivity contribution in [3.8, 4) is 5.75 Å². The quantitative estimate of drug-likeness (QED) is 0.786. The molecule has 0 bridgehead atoms. The molecule has 1 aliphatic heterocycles. The van der Waals surface area contributed by atoms with Gasteiger partial charge in [-0.25, -0.2) is 8.42 Å². The number of hydrogen-bond acceptors (Lipinski definition) is 5. The van der Waals surface area contributed by atoms with Crippen molar-refractivity contribution in [3.63, 3.8) is 0 Å². The van der Waals surface area contributed by atoms with Crippen LogP contribution in [0.15, 0.2) is 23.1 Å². The molecule has 0 atom stereocenters. The van der Waals surface area contributed by atoms with Gasteiger partial charge in [-0.2, -0.15) is 0 Å². The Bertz CT molecular complexity index is 678. The van der Waals surface area contributed by atoms with Crippen LogP contribution in [0.3, 0.4) is 0 Å². The molecule has 1 fully saturated rings. The van der Waals surface area contributed by atoms with Crippen molar-refractivity contribution in [2.45, 2.75) is 62.9 Å². The lowest BCUT2D eigenvalue weighted by molar-refractivity contribution is 0.00578. The Morgan fingerprint density at radius 3 is 2.04 bits per heavy atom. The van der Waals surface area contributed by atoms with Crippen LogP contribution in [0.25, 0.3) is 0 Å². The third-order valence-electron chi connectivity index (χ3n) is 4.64. The first-order valence-electron chi connectivity index (χ1n) is 7.70. The summed E-state index contributed by atoms with van der Waals surface area (Å²) in [6, 6.07) is 5.02. The molecule has 0 radical (unpaired) electrons. The maximum Gasteiger partial charge on any atom is 0.494 e. The predicted octanol–water partition coefficient (Wildman–Crippen LogP) is 2.18. The summed E-state index contributed by atoms with van der Waals surface area (Å²) in [5.74, 6) is 0.332. The van der Waals surface area contributed by atoms with E-state index >= 15 is 0 Å². The van der Waals surface area contributed by atoms with Gasteiger partial charge in [0.25, 0.3) is 0 Å². The summed E-state index contributed by atoms with van der Waals surface area (Å²) >= 11 is 0. The highest BCUT2D eigenvalue weighted by atomic mass is 32.2. The van der Waals surface area contributed by atoms with Gasteiger partial charge >= 0.3 is 7.12 Å². The van der Waals surface area contributed by atoms with Crippen LogP contribution in [0, 0.1) is 0 Å². The topological polar surface area (TPSA) is 61.8 Å². The standard InChI is InChI=1S/C16H25BO5S/c1-11(2)23(18,19)14-10-12(8-9-13(14)20-7)17-21-15(3,4)16(5,6)22-17/h8-11H,1-7H3. The minimum atomic E-state index is -3.47. The third kappa shape index (κ3) is 3.14. The number of hydrogen-bond donors (Lipinski definition) is 0. The summed E-state index contributed by atoms with van der Waals surface area (Å²) in [7, 11) is -2.61. The second-order valence-corrected chi connectivity index (χ2v) is 9.56. The molecule has 0 amide bonds. The second kappa shape index (κ2) is 5.79. The summed E-state index contributed by atoms with van der Waals surface area (Å²) in [6.07, 6.45) is 0. The molecule has 2 rings (SSSR count). The molecule has 0 N–H and O–H groups in total. The maximum absolute atomic E-state index is 12.6. The van der Waals surface area contributed by atoms with Gasteiger partial charge in [0, 0.05) is 0 Å². The number of methoxy groups -OCH3 is 1. The lowest BCUT2D eigenvalue weighted by Gasteiger charge is -2.32. The Morgan fingerprint density at radius 1 is 1.09 bits per heavy atom. The van der Waals surface area contributed by atoms with E-state index in [2.05, 4.69) is 0 Å². The van der Waals surface area contributed by atoms with Crippen LogP contribution < -0.4 is 10.2 Å². The van der Waals surface area contributed by atoms with Crippen molar-refractivity contribution in [3.05, 3.63) is 18.2 Å². The van der Waals surface area contributed by atoms with Gasteiger partial charge in [0.2, 0.25) is 0 Å². The zero-order valence-electron chi connectivity index (χ0n) is 14.8. The third-order valence-corrected chi connectivity index (χ3v) is 6.81. The number of ether oxygens (including phenoxy) is 1. The first kappa shape index (κ1) is 18.3.